The van der Waals surface area contributed by atoms with Crippen molar-refractivity contribution in [2.24, 2.45) is 0 Å². The molecule has 1 amide bonds. The van der Waals surface area contributed by atoms with Crippen molar-refractivity contribution in [3.8, 4) is 6.07 Å². The third-order valence-corrected chi connectivity index (χ3v) is 4.87. The van der Waals surface area contributed by atoms with E-state index in [2.05, 4.69) is 0 Å². The molecule has 0 saturated carbocycles. The fraction of sp³-hybridized carbons (Fsp3) is 0.222. The van der Waals surface area contributed by atoms with E-state index in [0.717, 1.165) is 11.0 Å². The standard InChI is InChI=1S/C18H14ClF3N2O2S/c1-27-14-6-2-11(3-7-14)9-17(26,18(20,21)22)16(25)24-13-5-4-12(10-23)15(19)8-13/h2-8,26H,9H2,1H3,(H,24,25). The fourth-order valence-corrected chi connectivity index (χ4v) is 2.90. The zero-order valence-corrected chi connectivity index (χ0v) is 15.5. The normalized spacial score (nSPS) is 13.5. The van der Waals surface area contributed by atoms with Crippen LogP contribution in [0, 0.1) is 11.3 Å². The van der Waals surface area contributed by atoms with Gasteiger partial charge in [-0.25, -0.2) is 0 Å². The molecule has 1 unspecified atom stereocenters. The van der Waals surface area contributed by atoms with Crippen LogP contribution in [0.15, 0.2) is 47.4 Å². The lowest BCUT2D eigenvalue weighted by molar-refractivity contribution is -0.248. The Balaban J connectivity index is 2.29. The first-order valence-electron chi connectivity index (χ1n) is 7.54. The highest BCUT2D eigenvalue weighted by Gasteiger charge is 2.59. The molecular formula is C18H14ClF3N2O2S. The maximum absolute atomic E-state index is 13.5. The second kappa shape index (κ2) is 8.21. The summed E-state index contributed by atoms with van der Waals surface area (Å²) in [6.45, 7) is 0. The van der Waals surface area contributed by atoms with Crippen LogP contribution in [-0.2, 0) is 11.2 Å². The number of amides is 1. The van der Waals surface area contributed by atoms with Gasteiger partial charge in [-0.15, -0.1) is 11.8 Å². The van der Waals surface area contributed by atoms with Gasteiger partial charge in [-0.05, 0) is 42.2 Å². The second-order valence-electron chi connectivity index (χ2n) is 5.64. The second-order valence-corrected chi connectivity index (χ2v) is 6.93. The van der Waals surface area contributed by atoms with Gasteiger partial charge in [-0.3, -0.25) is 4.79 Å². The Morgan fingerprint density at radius 1 is 1.26 bits per heavy atom. The van der Waals surface area contributed by atoms with E-state index in [9.17, 15) is 23.1 Å². The highest BCUT2D eigenvalue weighted by molar-refractivity contribution is 7.98. The van der Waals surface area contributed by atoms with Gasteiger partial charge in [-0.2, -0.15) is 18.4 Å². The smallest absolute Gasteiger partial charge is 0.372 e. The lowest BCUT2D eigenvalue weighted by Gasteiger charge is -2.29. The van der Waals surface area contributed by atoms with Crippen molar-refractivity contribution in [1.29, 1.82) is 5.26 Å². The Labute approximate surface area is 162 Å². The van der Waals surface area contributed by atoms with Gasteiger partial charge in [0.05, 0.1) is 10.6 Å². The Morgan fingerprint density at radius 3 is 2.37 bits per heavy atom. The van der Waals surface area contributed by atoms with E-state index in [1.54, 1.807) is 18.2 Å². The van der Waals surface area contributed by atoms with Crippen LogP contribution < -0.4 is 5.32 Å². The third-order valence-electron chi connectivity index (χ3n) is 3.81. The molecule has 2 rings (SSSR count). The number of anilines is 1. The van der Waals surface area contributed by atoms with Crippen molar-refractivity contribution in [2.75, 3.05) is 11.6 Å². The van der Waals surface area contributed by atoms with Gasteiger partial charge in [0.2, 0.25) is 5.60 Å². The van der Waals surface area contributed by atoms with Crippen molar-refractivity contribution in [2.45, 2.75) is 23.1 Å². The number of rotatable bonds is 5. The van der Waals surface area contributed by atoms with Crippen LogP contribution in [0.25, 0.3) is 0 Å². The molecule has 0 aliphatic rings. The third kappa shape index (κ3) is 4.75. The zero-order valence-electron chi connectivity index (χ0n) is 14.0. The van der Waals surface area contributed by atoms with E-state index in [-0.39, 0.29) is 21.8 Å². The number of halogens is 4. The summed E-state index contributed by atoms with van der Waals surface area (Å²) in [5, 5.41) is 21.0. The molecule has 2 aromatic carbocycles. The zero-order chi connectivity index (χ0) is 20.2. The van der Waals surface area contributed by atoms with Crippen molar-refractivity contribution in [3.63, 3.8) is 0 Å². The fourth-order valence-electron chi connectivity index (χ4n) is 2.27. The van der Waals surface area contributed by atoms with Crippen molar-refractivity contribution in [3.05, 3.63) is 58.6 Å². The number of nitriles is 1. The predicted molar refractivity (Wildman–Crippen MR) is 97.7 cm³/mol. The molecule has 0 aliphatic heterocycles. The first-order valence-corrected chi connectivity index (χ1v) is 9.14. The first kappa shape index (κ1) is 21.1. The van der Waals surface area contributed by atoms with E-state index in [1.807, 2.05) is 11.6 Å². The first-order chi connectivity index (χ1) is 12.6. The molecule has 0 aliphatic carbocycles. The number of alkyl halides is 3. The summed E-state index contributed by atoms with van der Waals surface area (Å²) in [5.74, 6) is -1.63. The highest BCUT2D eigenvalue weighted by Crippen LogP contribution is 2.35. The average Bonchev–Trinajstić information content (AvgIpc) is 2.61. The number of hydrogen-bond acceptors (Lipinski definition) is 4. The van der Waals surface area contributed by atoms with Crippen molar-refractivity contribution >= 4 is 35.0 Å². The van der Waals surface area contributed by atoms with Gasteiger partial charge in [-0.1, -0.05) is 23.7 Å². The maximum Gasteiger partial charge on any atom is 0.426 e. The predicted octanol–water partition coefficient (Wildman–Crippen LogP) is 4.41. The molecule has 27 heavy (non-hydrogen) atoms. The lowest BCUT2D eigenvalue weighted by atomic mass is 9.92. The van der Waals surface area contributed by atoms with E-state index >= 15 is 0 Å². The summed E-state index contributed by atoms with van der Waals surface area (Å²) >= 11 is 7.23. The number of carbonyl (C=O) groups is 1. The molecule has 4 nitrogen and oxygen atoms in total. The topological polar surface area (TPSA) is 73.1 Å². The number of nitrogens with zero attached hydrogens (tertiary/aromatic N) is 1. The average molecular weight is 415 g/mol. The molecule has 2 aromatic rings. The molecule has 0 heterocycles. The van der Waals surface area contributed by atoms with E-state index in [4.69, 9.17) is 16.9 Å². The van der Waals surface area contributed by atoms with Gasteiger partial charge < -0.3 is 10.4 Å². The number of hydrogen-bond donors (Lipinski definition) is 2. The molecule has 0 radical (unpaired) electrons. The molecule has 0 saturated heterocycles. The Hall–Kier alpha value is -2.21. The number of benzene rings is 2. The van der Waals surface area contributed by atoms with Crippen LogP contribution in [0.2, 0.25) is 5.02 Å². The van der Waals surface area contributed by atoms with Crippen LogP contribution in [-0.4, -0.2) is 29.0 Å². The molecule has 1 atom stereocenters. The van der Waals surface area contributed by atoms with Crippen LogP contribution in [0.3, 0.4) is 0 Å². The van der Waals surface area contributed by atoms with Gasteiger partial charge in [0, 0.05) is 17.0 Å². The largest absolute Gasteiger partial charge is 0.426 e. The van der Waals surface area contributed by atoms with E-state index < -0.39 is 24.1 Å². The van der Waals surface area contributed by atoms with Gasteiger partial charge in [0.15, 0.2) is 0 Å². The van der Waals surface area contributed by atoms with Crippen LogP contribution in [0.1, 0.15) is 11.1 Å². The van der Waals surface area contributed by atoms with Crippen LogP contribution in [0.5, 0.6) is 0 Å². The SMILES string of the molecule is CSc1ccc(CC(O)(C(=O)Nc2ccc(C#N)c(Cl)c2)C(F)(F)F)cc1. The Morgan fingerprint density at radius 2 is 1.89 bits per heavy atom. The Kier molecular flexibility index (Phi) is 6.42. The summed E-state index contributed by atoms with van der Waals surface area (Å²) in [6, 6.07) is 11.5. The minimum absolute atomic E-state index is 0.0292. The van der Waals surface area contributed by atoms with Crippen LogP contribution >= 0.6 is 23.4 Å². The number of thioether (sulfide) groups is 1. The molecule has 0 fully saturated rings. The molecule has 142 valence electrons. The van der Waals surface area contributed by atoms with Gasteiger partial charge in [0.25, 0.3) is 5.91 Å². The highest BCUT2D eigenvalue weighted by atomic mass is 35.5. The molecular weight excluding hydrogens is 401 g/mol. The summed E-state index contributed by atoms with van der Waals surface area (Å²) in [6.07, 6.45) is -4.33. The maximum atomic E-state index is 13.5. The molecule has 0 bridgehead atoms. The molecule has 2 N–H and O–H groups in total. The summed E-state index contributed by atoms with van der Waals surface area (Å²) in [4.78, 5) is 13.1. The molecule has 0 aromatic heterocycles. The van der Waals surface area contributed by atoms with E-state index in [0.29, 0.717) is 0 Å². The van der Waals surface area contributed by atoms with Crippen molar-refractivity contribution < 1.29 is 23.1 Å². The quantitative estimate of drug-likeness (QED) is 0.711. The molecule has 0 spiro atoms. The monoisotopic (exact) mass is 414 g/mol. The Bertz CT molecular complexity index is 882. The van der Waals surface area contributed by atoms with E-state index in [1.165, 1.54) is 36.0 Å². The summed E-state index contributed by atoms with van der Waals surface area (Å²) < 4.78 is 40.5. The summed E-state index contributed by atoms with van der Waals surface area (Å²) in [5.41, 5.74) is -3.44. The minimum atomic E-state index is -5.20. The van der Waals surface area contributed by atoms with Gasteiger partial charge in [0.1, 0.15) is 6.07 Å². The molecule has 9 heteroatoms. The van der Waals surface area contributed by atoms with Gasteiger partial charge >= 0.3 is 6.18 Å². The minimum Gasteiger partial charge on any atom is -0.372 e. The number of carbonyl (C=O) groups excluding carboxylic acids is 1. The number of nitrogens with one attached hydrogen (secondary N) is 1. The van der Waals surface area contributed by atoms with Crippen molar-refractivity contribution in [1.82, 2.24) is 0 Å². The van der Waals surface area contributed by atoms with Crippen LogP contribution in [0.4, 0.5) is 18.9 Å². The number of aliphatic hydroxyl groups is 1. The lowest BCUT2D eigenvalue weighted by Crippen LogP contribution is -2.56. The summed E-state index contributed by atoms with van der Waals surface area (Å²) in [7, 11) is 0.